The molecule has 46 heavy (non-hydrogen) atoms. The number of nitrogens with zero attached hydrogens (tertiary/aromatic N) is 2. The molecule has 0 unspecified atom stereocenters. The van der Waals surface area contributed by atoms with Crippen LogP contribution in [0.3, 0.4) is 0 Å². The topological polar surface area (TPSA) is 86.8 Å². The van der Waals surface area contributed by atoms with Gasteiger partial charge in [-0.05, 0) is 78.8 Å². The number of nitrogens with one attached hydrogen (secondary N) is 1. The summed E-state index contributed by atoms with van der Waals surface area (Å²) in [7, 11) is -4.16. The lowest BCUT2D eigenvalue weighted by molar-refractivity contribution is -0.140. The predicted molar refractivity (Wildman–Crippen MR) is 190 cm³/mol. The number of aryl methyl sites for hydroxylation is 1. The maximum atomic E-state index is 14.5. The molecule has 7 nitrogen and oxygen atoms in total. The van der Waals surface area contributed by atoms with E-state index in [2.05, 4.69) is 21.2 Å². The van der Waals surface area contributed by atoms with Crippen molar-refractivity contribution in [2.75, 3.05) is 23.7 Å². The minimum absolute atomic E-state index is 0.0775. The van der Waals surface area contributed by atoms with Gasteiger partial charge in [-0.1, -0.05) is 89.9 Å². The maximum absolute atomic E-state index is 14.5. The summed E-state index contributed by atoms with van der Waals surface area (Å²) in [6, 6.07) is 29.8. The second-order valence-electron chi connectivity index (χ2n) is 11.5. The third kappa shape index (κ3) is 9.47. The number of carbonyl (C=O) groups excluding carboxylic acids is 2. The van der Waals surface area contributed by atoms with Crippen LogP contribution in [0.2, 0.25) is 0 Å². The number of anilines is 1. The number of thioether (sulfide) groups is 1. The molecule has 0 aromatic heterocycles. The molecule has 1 N–H and O–H groups in total. The summed E-state index contributed by atoms with van der Waals surface area (Å²) in [5.74, 6) is -0.578. The third-order valence-corrected chi connectivity index (χ3v) is 10.5. The van der Waals surface area contributed by atoms with Gasteiger partial charge >= 0.3 is 0 Å². The second-order valence-corrected chi connectivity index (χ2v) is 15.2. The van der Waals surface area contributed by atoms with E-state index in [0.29, 0.717) is 12.2 Å². The van der Waals surface area contributed by atoms with Crippen LogP contribution in [0.15, 0.2) is 117 Å². The quantitative estimate of drug-likeness (QED) is 0.141. The van der Waals surface area contributed by atoms with Crippen molar-refractivity contribution >= 4 is 55.2 Å². The smallest absolute Gasteiger partial charge is 0.264 e. The highest BCUT2D eigenvalue weighted by molar-refractivity contribution is 9.10. The molecule has 0 heterocycles. The average molecular weight is 723 g/mol. The average Bonchev–Trinajstić information content (AvgIpc) is 3.05. The SMILES string of the molecule is CSc1ccc(S(=O)(=O)N(CC(=O)N(Cc2ccc(Br)cc2)[C@H](Cc2ccccc2)C(=O)NCC(C)C)c2ccc(C)cc2)cc1. The summed E-state index contributed by atoms with van der Waals surface area (Å²) in [4.78, 5) is 30.9. The first kappa shape index (κ1) is 35.3. The van der Waals surface area contributed by atoms with Crippen LogP contribution in [0.1, 0.15) is 30.5 Å². The first-order chi connectivity index (χ1) is 22.0. The van der Waals surface area contributed by atoms with E-state index in [9.17, 15) is 18.0 Å². The molecule has 4 aromatic carbocycles. The first-order valence-corrected chi connectivity index (χ1v) is 18.5. The van der Waals surface area contributed by atoms with E-state index in [0.717, 1.165) is 30.4 Å². The van der Waals surface area contributed by atoms with Gasteiger partial charge in [0.2, 0.25) is 11.8 Å². The molecule has 0 saturated carbocycles. The van der Waals surface area contributed by atoms with Gasteiger partial charge in [0.15, 0.2) is 0 Å². The third-order valence-electron chi connectivity index (χ3n) is 7.47. The van der Waals surface area contributed by atoms with Gasteiger partial charge in [-0.25, -0.2) is 8.42 Å². The summed E-state index contributed by atoms with van der Waals surface area (Å²) in [6.07, 6.45) is 2.18. The summed E-state index contributed by atoms with van der Waals surface area (Å²) in [5.41, 5.74) is 3.01. The van der Waals surface area contributed by atoms with E-state index in [1.165, 1.54) is 16.7 Å². The Balaban J connectivity index is 1.79. The minimum atomic E-state index is -4.16. The van der Waals surface area contributed by atoms with Crippen molar-refractivity contribution < 1.29 is 18.0 Å². The van der Waals surface area contributed by atoms with Crippen LogP contribution in [0.5, 0.6) is 0 Å². The highest BCUT2D eigenvalue weighted by Gasteiger charge is 2.34. The van der Waals surface area contributed by atoms with Crippen LogP contribution in [-0.4, -0.2) is 50.5 Å². The van der Waals surface area contributed by atoms with Crippen molar-refractivity contribution in [2.24, 2.45) is 5.92 Å². The Morgan fingerprint density at radius 2 is 1.48 bits per heavy atom. The van der Waals surface area contributed by atoms with Gasteiger partial charge in [0.1, 0.15) is 12.6 Å². The van der Waals surface area contributed by atoms with Gasteiger partial charge in [-0.15, -0.1) is 11.8 Å². The Bertz CT molecular complexity index is 1700. The lowest BCUT2D eigenvalue weighted by Gasteiger charge is -2.34. The van der Waals surface area contributed by atoms with Crippen LogP contribution in [-0.2, 0) is 32.6 Å². The molecule has 0 aliphatic rings. The van der Waals surface area contributed by atoms with Crippen LogP contribution in [0.4, 0.5) is 5.69 Å². The van der Waals surface area contributed by atoms with Crippen molar-refractivity contribution in [3.63, 3.8) is 0 Å². The number of rotatable bonds is 14. The Morgan fingerprint density at radius 1 is 0.848 bits per heavy atom. The molecular weight excluding hydrogens is 682 g/mol. The van der Waals surface area contributed by atoms with Crippen LogP contribution in [0, 0.1) is 12.8 Å². The first-order valence-electron chi connectivity index (χ1n) is 15.1. The summed E-state index contributed by atoms with van der Waals surface area (Å²) < 4.78 is 30.4. The number of amides is 2. The molecule has 2 amide bonds. The van der Waals surface area contributed by atoms with Gasteiger partial charge in [0, 0.05) is 28.9 Å². The van der Waals surface area contributed by atoms with Crippen molar-refractivity contribution in [3.05, 3.63) is 124 Å². The van der Waals surface area contributed by atoms with Gasteiger partial charge < -0.3 is 10.2 Å². The molecule has 1 atom stereocenters. The highest BCUT2D eigenvalue weighted by Crippen LogP contribution is 2.27. The molecule has 4 aromatic rings. The lowest BCUT2D eigenvalue weighted by Crippen LogP contribution is -2.53. The van der Waals surface area contributed by atoms with Gasteiger partial charge in [-0.3, -0.25) is 13.9 Å². The molecule has 0 fully saturated rings. The largest absolute Gasteiger partial charge is 0.354 e. The Kier molecular flexibility index (Phi) is 12.5. The molecule has 0 bridgehead atoms. The number of halogens is 1. The van der Waals surface area contributed by atoms with Crippen LogP contribution in [0.25, 0.3) is 0 Å². The number of hydrogen-bond donors (Lipinski definition) is 1. The maximum Gasteiger partial charge on any atom is 0.264 e. The monoisotopic (exact) mass is 721 g/mol. The lowest BCUT2D eigenvalue weighted by atomic mass is 10.0. The van der Waals surface area contributed by atoms with E-state index in [4.69, 9.17) is 0 Å². The summed E-state index contributed by atoms with van der Waals surface area (Å²) in [5, 5.41) is 3.02. The fourth-order valence-corrected chi connectivity index (χ4v) is 6.96. The standard InChI is InChI=1S/C36H40BrN3O4S2/c1-26(2)23-38-36(42)34(22-28-8-6-5-7-9-28)39(24-29-12-14-30(37)15-13-29)35(41)25-40(31-16-10-27(3)11-17-31)46(43,44)33-20-18-32(45-4)19-21-33/h5-21,26,34H,22-25H2,1-4H3,(H,38,42)/t34-/m1/s1. The van der Waals surface area contributed by atoms with E-state index >= 15 is 0 Å². The number of benzene rings is 4. The Labute approximate surface area is 285 Å². The number of hydrogen-bond acceptors (Lipinski definition) is 5. The molecule has 4 rings (SSSR count). The number of sulfonamides is 1. The fraction of sp³-hybridized carbons (Fsp3) is 0.278. The summed E-state index contributed by atoms with van der Waals surface area (Å²) in [6.45, 7) is 6.00. The van der Waals surface area contributed by atoms with Crippen LogP contribution < -0.4 is 9.62 Å². The van der Waals surface area contributed by atoms with Gasteiger partial charge in [-0.2, -0.15) is 0 Å². The predicted octanol–water partition coefficient (Wildman–Crippen LogP) is 7.09. The number of carbonyl (C=O) groups is 2. The zero-order valence-electron chi connectivity index (χ0n) is 26.5. The second kappa shape index (κ2) is 16.3. The van der Waals surface area contributed by atoms with Crippen molar-refractivity contribution in [3.8, 4) is 0 Å². The molecule has 0 radical (unpaired) electrons. The molecule has 0 saturated heterocycles. The minimum Gasteiger partial charge on any atom is -0.354 e. The van der Waals surface area contributed by atoms with E-state index in [1.54, 1.807) is 36.4 Å². The Hall–Kier alpha value is -3.60. The molecule has 242 valence electrons. The van der Waals surface area contributed by atoms with Crippen molar-refractivity contribution in [1.29, 1.82) is 0 Å². The molecular formula is C36H40BrN3O4S2. The normalized spacial score (nSPS) is 12.0. The van der Waals surface area contributed by atoms with E-state index in [1.807, 2.05) is 93.8 Å². The fourth-order valence-electron chi connectivity index (χ4n) is 4.88. The highest BCUT2D eigenvalue weighted by atomic mass is 79.9. The molecule has 10 heteroatoms. The van der Waals surface area contributed by atoms with Gasteiger partial charge in [0.05, 0.1) is 10.6 Å². The van der Waals surface area contributed by atoms with Crippen molar-refractivity contribution in [2.45, 2.75) is 49.6 Å². The molecule has 0 aliphatic heterocycles. The molecule has 0 spiro atoms. The van der Waals surface area contributed by atoms with Crippen molar-refractivity contribution in [1.82, 2.24) is 10.2 Å². The van der Waals surface area contributed by atoms with Crippen LogP contribution >= 0.6 is 27.7 Å². The zero-order valence-corrected chi connectivity index (χ0v) is 29.7. The summed E-state index contributed by atoms with van der Waals surface area (Å²) >= 11 is 4.98. The zero-order chi connectivity index (χ0) is 33.3. The molecule has 0 aliphatic carbocycles. The van der Waals surface area contributed by atoms with Gasteiger partial charge in [0.25, 0.3) is 10.0 Å². The van der Waals surface area contributed by atoms with E-state index < -0.39 is 28.5 Å². The Morgan fingerprint density at radius 3 is 2.07 bits per heavy atom. The van der Waals surface area contributed by atoms with E-state index in [-0.39, 0.29) is 29.7 Å².